The van der Waals surface area contributed by atoms with E-state index < -0.39 is 10.0 Å². The molecule has 7 heteroatoms. The lowest BCUT2D eigenvalue weighted by Gasteiger charge is -2.11. The highest BCUT2D eigenvalue weighted by Crippen LogP contribution is 2.11. The van der Waals surface area contributed by atoms with Crippen molar-refractivity contribution < 1.29 is 8.42 Å². The van der Waals surface area contributed by atoms with E-state index in [1.54, 1.807) is 0 Å². The Bertz CT molecular complexity index is 559. The Morgan fingerprint density at radius 3 is 3.11 bits per heavy atom. The van der Waals surface area contributed by atoms with Crippen LogP contribution in [0.5, 0.6) is 0 Å². The van der Waals surface area contributed by atoms with Gasteiger partial charge < -0.3 is 5.32 Å². The molecule has 0 amide bonds. The zero-order valence-electron chi connectivity index (χ0n) is 9.76. The fraction of sp³-hybridized carbons (Fsp3) is 0.455. The Morgan fingerprint density at radius 2 is 2.44 bits per heavy atom. The van der Waals surface area contributed by atoms with Crippen molar-refractivity contribution in [2.45, 2.75) is 23.9 Å². The van der Waals surface area contributed by atoms with Crippen LogP contribution < -0.4 is 10.0 Å². The van der Waals surface area contributed by atoms with E-state index in [2.05, 4.69) is 15.0 Å². The number of sulfonamides is 1. The summed E-state index contributed by atoms with van der Waals surface area (Å²) in [5.74, 6) is 0. The number of rotatable bonds is 4. The van der Waals surface area contributed by atoms with Crippen LogP contribution in [0.4, 0.5) is 0 Å². The zero-order chi connectivity index (χ0) is 13.0. The molecule has 0 aromatic carbocycles. The molecule has 2 rings (SSSR count). The Hall–Kier alpha value is -1.49. The van der Waals surface area contributed by atoms with Gasteiger partial charge in [0, 0.05) is 18.8 Å². The molecular weight excluding hydrogens is 252 g/mol. The van der Waals surface area contributed by atoms with E-state index >= 15 is 0 Å². The second-order valence-corrected chi connectivity index (χ2v) is 5.80. The van der Waals surface area contributed by atoms with Gasteiger partial charge in [0.15, 0.2) is 5.03 Å². The van der Waals surface area contributed by atoms with Gasteiger partial charge in [0.05, 0.1) is 5.56 Å². The first-order chi connectivity index (χ1) is 8.63. The summed E-state index contributed by atoms with van der Waals surface area (Å²) >= 11 is 0. The van der Waals surface area contributed by atoms with Crippen molar-refractivity contribution in [3.63, 3.8) is 0 Å². The van der Waals surface area contributed by atoms with Crippen molar-refractivity contribution in [3.8, 4) is 6.07 Å². The highest BCUT2D eigenvalue weighted by molar-refractivity contribution is 7.89. The first-order valence-electron chi connectivity index (χ1n) is 5.71. The number of hydrogen-bond acceptors (Lipinski definition) is 5. The molecule has 0 saturated carbocycles. The molecule has 1 atom stereocenters. The molecule has 1 fully saturated rings. The molecule has 0 radical (unpaired) electrons. The summed E-state index contributed by atoms with van der Waals surface area (Å²) < 4.78 is 26.5. The number of hydrogen-bond donors (Lipinski definition) is 2. The molecule has 1 aliphatic rings. The maximum atomic E-state index is 12.0. The smallest absolute Gasteiger partial charge is 0.259 e. The minimum Gasteiger partial charge on any atom is -0.313 e. The molecule has 2 heterocycles. The van der Waals surface area contributed by atoms with Crippen LogP contribution in [0.25, 0.3) is 0 Å². The average Bonchev–Trinajstić information content (AvgIpc) is 2.89. The third-order valence-electron chi connectivity index (χ3n) is 2.83. The predicted octanol–water partition coefficient (Wildman–Crippen LogP) is -0.0164. The summed E-state index contributed by atoms with van der Waals surface area (Å²) in [4.78, 5) is 3.77. The first-order valence-corrected chi connectivity index (χ1v) is 7.20. The van der Waals surface area contributed by atoms with Gasteiger partial charge in [0.2, 0.25) is 0 Å². The minimum absolute atomic E-state index is 0.0596. The molecule has 1 aromatic heterocycles. The normalized spacial score (nSPS) is 19.6. The highest BCUT2D eigenvalue weighted by Gasteiger charge is 2.22. The van der Waals surface area contributed by atoms with Crippen molar-refractivity contribution >= 4 is 10.0 Å². The van der Waals surface area contributed by atoms with Gasteiger partial charge in [-0.3, -0.25) is 0 Å². The topological polar surface area (TPSA) is 94.9 Å². The quantitative estimate of drug-likeness (QED) is 0.799. The van der Waals surface area contributed by atoms with E-state index in [0.29, 0.717) is 6.54 Å². The van der Waals surface area contributed by atoms with Gasteiger partial charge in [0.1, 0.15) is 6.07 Å². The van der Waals surface area contributed by atoms with Crippen molar-refractivity contribution in [1.29, 1.82) is 5.26 Å². The molecule has 0 spiro atoms. The summed E-state index contributed by atoms with van der Waals surface area (Å²) in [5.41, 5.74) is 0.0596. The highest BCUT2D eigenvalue weighted by atomic mass is 32.2. The van der Waals surface area contributed by atoms with E-state index in [0.717, 1.165) is 19.4 Å². The van der Waals surface area contributed by atoms with Crippen LogP contribution >= 0.6 is 0 Å². The fourth-order valence-corrected chi connectivity index (χ4v) is 3.06. The van der Waals surface area contributed by atoms with Crippen LogP contribution in [-0.4, -0.2) is 32.5 Å². The van der Waals surface area contributed by atoms with Crippen LogP contribution in [0.1, 0.15) is 18.4 Å². The fourth-order valence-electron chi connectivity index (χ4n) is 1.90. The molecule has 0 bridgehead atoms. The summed E-state index contributed by atoms with van der Waals surface area (Å²) in [5, 5.41) is 11.9. The summed E-state index contributed by atoms with van der Waals surface area (Å²) in [6.45, 7) is 1.24. The maximum absolute atomic E-state index is 12.0. The summed E-state index contributed by atoms with van der Waals surface area (Å²) in [6.07, 6.45) is 3.37. The zero-order valence-corrected chi connectivity index (χ0v) is 10.6. The van der Waals surface area contributed by atoms with Gasteiger partial charge in [-0.1, -0.05) is 0 Å². The SMILES string of the molecule is N#Cc1cccnc1S(=O)(=O)NC[C@@H]1CCCN1. The number of nitrogens with one attached hydrogen (secondary N) is 2. The number of nitrogens with zero attached hydrogens (tertiary/aromatic N) is 2. The second-order valence-electron chi connectivity index (χ2n) is 4.11. The summed E-state index contributed by atoms with van der Waals surface area (Å²) in [7, 11) is -3.71. The van der Waals surface area contributed by atoms with E-state index in [4.69, 9.17) is 5.26 Å². The van der Waals surface area contributed by atoms with Crippen LogP contribution in [0.2, 0.25) is 0 Å². The Balaban J connectivity index is 2.12. The molecule has 1 aromatic rings. The number of nitriles is 1. The number of aromatic nitrogens is 1. The van der Waals surface area contributed by atoms with Crippen molar-refractivity contribution in [2.24, 2.45) is 0 Å². The number of pyridine rings is 1. The summed E-state index contributed by atoms with van der Waals surface area (Å²) in [6, 6.07) is 4.97. The molecule has 18 heavy (non-hydrogen) atoms. The van der Waals surface area contributed by atoms with Gasteiger partial charge in [-0.05, 0) is 31.5 Å². The van der Waals surface area contributed by atoms with E-state index in [1.807, 2.05) is 6.07 Å². The largest absolute Gasteiger partial charge is 0.313 e. The van der Waals surface area contributed by atoms with E-state index in [9.17, 15) is 8.42 Å². The van der Waals surface area contributed by atoms with E-state index in [1.165, 1.54) is 18.3 Å². The Kier molecular flexibility index (Phi) is 3.91. The molecule has 2 N–H and O–H groups in total. The van der Waals surface area contributed by atoms with Crippen molar-refractivity contribution in [3.05, 3.63) is 23.9 Å². The average molecular weight is 266 g/mol. The third-order valence-corrected chi connectivity index (χ3v) is 4.21. The van der Waals surface area contributed by atoms with Gasteiger partial charge in [0.25, 0.3) is 10.0 Å². The lowest BCUT2D eigenvalue weighted by Crippen LogP contribution is -2.37. The molecule has 6 nitrogen and oxygen atoms in total. The molecule has 96 valence electrons. The Morgan fingerprint density at radius 1 is 1.61 bits per heavy atom. The van der Waals surface area contributed by atoms with Crippen LogP contribution in [-0.2, 0) is 10.0 Å². The van der Waals surface area contributed by atoms with Crippen molar-refractivity contribution in [2.75, 3.05) is 13.1 Å². The molecule has 1 aliphatic heterocycles. The second kappa shape index (κ2) is 5.44. The minimum atomic E-state index is -3.71. The van der Waals surface area contributed by atoms with Gasteiger partial charge >= 0.3 is 0 Å². The standard InChI is InChI=1S/C11H14N4O2S/c12-7-9-3-1-6-14-11(9)18(16,17)15-8-10-4-2-5-13-10/h1,3,6,10,13,15H,2,4-5,8H2/t10-/m0/s1. The Labute approximate surface area is 106 Å². The van der Waals surface area contributed by atoms with Gasteiger partial charge in [-0.2, -0.15) is 5.26 Å². The molecular formula is C11H14N4O2S. The van der Waals surface area contributed by atoms with E-state index in [-0.39, 0.29) is 16.6 Å². The predicted molar refractivity (Wildman–Crippen MR) is 65.2 cm³/mol. The van der Waals surface area contributed by atoms with Crippen LogP contribution in [0, 0.1) is 11.3 Å². The monoisotopic (exact) mass is 266 g/mol. The van der Waals surface area contributed by atoms with Crippen LogP contribution in [0.3, 0.4) is 0 Å². The molecule has 0 unspecified atom stereocenters. The molecule has 0 aliphatic carbocycles. The van der Waals surface area contributed by atoms with Gasteiger partial charge in [-0.25, -0.2) is 18.1 Å². The lowest BCUT2D eigenvalue weighted by molar-refractivity contribution is 0.549. The van der Waals surface area contributed by atoms with Crippen molar-refractivity contribution in [1.82, 2.24) is 15.0 Å². The first kappa shape index (κ1) is 13.0. The maximum Gasteiger partial charge on any atom is 0.259 e. The van der Waals surface area contributed by atoms with Gasteiger partial charge in [-0.15, -0.1) is 0 Å². The lowest BCUT2D eigenvalue weighted by atomic mass is 10.2. The van der Waals surface area contributed by atoms with Crippen LogP contribution in [0.15, 0.2) is 23.4 Å². The third kappa shape index (κ3) is 2.85. The molecule has 1 saturated heterocycles.